The summed E-state index contributed by atoms with van der Waals surface area (Å²) in [6.45, 7) is -0.0231. The van der Waals surface area contributed by atoms with Crippen molar-refractivity contribution in [2.45, 2.75) is 6.61 Å². The molecule has 0 radical (unpaired) electrons. The normalized spacial score (nSPS) is 11.2. The molecular formula is C21H13Cl5O5. The van der Waals surface area contributed by atoms with Crippen LogP contribution in [0.5, 0.6) is 17.2 Å². The second kappa shape index (κ2) is 10.1. The second-order valence-corrected chi connectivity index (χ2v) is 7.97. The summed E-state index contributed by atoms with van der Waals surface area (Å²) in [6.07, 6.45) is 2.84. The van der Waals surface area contributed by atoms with E-state index in [1.165, 1.54) is 37.5 Å². The van der Waals surface area contributed by atoms with Crippen molar-refractivity contribution >= 4 is 69.9 Å². The van der Waals surface area contributed by atoms with Crippen LogP contribution in [0, 0.1) is 0 Å². The van der Waals surface area contributed by atoms with Crippen LogP contribution in [0.25, 0.3) is 6.08 Å². The fourth-order valence-corrected chi connectivity index (χ4v) is 3.73. The number of phenolic OH excluding ortho intramolecular Hbond substituents is 1. The molecule has 0 bridgehead atoms. The maximum absolute atomic E-state index is 12.3. The molecule has 5 nitrogen and oxygen atoms in total. The van der Waals surface area contributed by atoms with E-state index >= 15 is 0 Å². The molecule has 0 aliphatic rings. The molecule has 0 aliphatic carbocycles. The summed E-state index contributed by atoms with van der Waals surface area (Å²) in [4.78, 5) is 12.3. The summed E-state index contributed by atoms with van der Waals surface area (Å²) in [5.74, 6) is 0.789. The van der Waals surface area contributed by atoms with Crippen molar-refractivity contribution in [2.24, 2.45) is 0 Å². The summed E-state index contributed by atoms with van der Waals surface area (Å²) in [5.41, 5.74) is 0.349. The zero-order valence-electron chi connectivity index (χ0n) is 15.7. The zero-order valence-corrected chi connectivity index (χ0v) is 19.5. The minimum absolute atomic E-state index is 0.0231. The van der Waals surface area contributed by atoms with E-state index < -0.39 is 0 Å². The van der Waals surface area contributed by atoms with Gasteiger partial charge in [-0.2, -0.15) is 0 Å². The lowest BCUT2D eigenvalue weighted by Gasteiger charge is -2.12. The van der Waals surface area contributed by atoms with Gasteiger partial charge in [0.15, 0.2) is 23.0 Å². The minimum atomic E-state index is -0.295. The number of carbonyl (C=O) groups excluding carboxylic acids is 1. The first kappa shape index (κ1) is 23.6. The third-order valence-corrected chi connectivity index (χ3v) is 6.32. The van der Waals surface area contributed by atoms with Crippen molar-refractivity contribution in [2.75, 3.05) is 7.11 Å². The van der Waals surface area contributed by atoms with Gasteiger partial charge in [0.1, 0.15) is 28.2 Å². The first-order valence-electron chi connectivity index (χ1n) is 8.55. The van der Waals surface area contributed by atoms with Crippen molar-refractivity contribution < 1.29 is 23.8 Å². The van der Waals surface area contributed by atoms with Gasteiger partial charge in [0, 0.05) is 5.56 Å². The van der Waals surface area contributed by atoms with E-state index in [1.54, 1.807) is 12.1 Å². The lowest BCUT2D eigenvalue weighted by molar-refractivity contribution is 0.104. The lowest BCUT2D eigenvalue weighted by Crippen LogP contribution is -1.96. The van der Waals surface area contributed by atoms with Gasteiger partial charge in [-0.15, -0.1) is 0 Å². The number of hydrogen-bond acceptors (Lipinski definition) is 5. The lowest BCUT2D eigenvalue weighted by atomic mass is 10.1. The molecule has 1 N–H and O–H groups in total. The molecule has 0 saturated heterocycles. The van der Waals surface area contributed by atoms with Crippen LogP contribution in [0.3, 0.4) is 0 Å². The molecule has 3 aromatic rings. The van der Waals surface area contributed by atoms with Crippen molar-refractivity contribution in [3.8, 4) is 17.2 Å². The first-order chi connectivity index (χ1) is 14.7. The monoisotopic (exact) mass is 520 g/mol. The minimum Gasteiger partial charge on any atom is -0.504 e. The smallest absolute Gasteiger partial charge is 0.186 e. The molecule has 0 spiro atoms. The van der Waals surface area contributed by atoms with E-state index in [0.717, 1.165) is 0 Å². The predicted molar refractivity (Wildman–Crippen MR) is 123 cm³/mol. The number of ketones is 1. The van der Waals surface area contributed by atoms with Gasteiger partial charge in [-0.05, 0) is 42.5 Å². The third kappa shape index (κ3) is 5.25. The van der Waals surface area contributed by atoms with Crippen LogP contribution in [0.1, 0.15) is 21.9 Å². The number of aromatic hydroxyl groups is 1. The van der Waals surface area contributed by atoms with Gasteiger partial charge in [0.25, 0.3) is 0 Å². The number of rotatable bonds is 7. The van der Waals surface area contributed by atoms with Crippen molar-refractivity contribution in [3.05, 3.63) is 78.6 Å². The van der Waals surface area contributed by atoms with Gasteiger partial charge in [-0.1, -0.05) is 58.0 Å². The molecule has 0 amide bonds. The fourth-order valence-electron chi connectivity index (χ4n) is 2.50. The van der Waals surface area contributed by atoms with Gasteiger partial charge in [-0.25, -0.2) is 0 Å². The van der Waals surface area contributed by atoms with Crippen LogP contribution in [0.15, 0.2) is 40.8 Å². The van der Waals surface area contributed by atoms with Crippen molar-refractivity contribution in [1.82, 2.24) is 0 Å². The topological polar surface area (TPSA) is 68.9 Å². The van der Waals surface area contributed by atoms with Gasteiger partial charge >= 0.3 is 0 Å². The molecular weight excluding hydrogens is 509 g/mol. The van der Waals surface area contributed by atoms with Crippen LogP contribution in [-0.2, 0) is 6.61 Å². The molecule has 10 heteroatoms. The van der Waals surface area contributed by atoms with E-state index in [0.29, 0.717) is 17.1 Å². The van der Waals surface area contributed by atoms with Crippen LogP contribution < -0.4 is 9.47 Å². The second-order valence-electron chi connectivity index (χ2n) is 6.08. The standard InChI is InChI=1S/C21H13Cl5O5/c1-29-15-8-10(2-6-14(15)28)13(27)7-5-11-3-4-12(31-11)9-30-21-19(25)17(23)16(22)18(24)20(21)26/h2-8,28H,9H2,1H3/b7-5+. The van der Waals surface area contributed by atoms with Crippen LogP contribution >= 0.6 is 58.0 Å². The molecule has 162 valence electrons. The highest BCUT2D eigenvalue weighted by Crippen LogP contribution is 2.48. The molecule has 1 heterocycles. The Bertz CT molecular complexity index is 1140. The maximum atomic E-state index is 12.3. The average Bonchev–Trinajstić information content (AvgIpc) is 3.22. The number of carbonyl (C=O) groups is 1. The number of phenols is 1. The highest BCUT2D eigenvalue weighted by atomic mass is 35.5. The van der Waals surface area contributed by atoms with E-state index in [1.807, 2.05) is 0 Å². The molecule has 1 aromatic heterocycles. The first-order valence-corrected chi connectivity index (χ1v) is 10.4. The van der Waals surface area contributed by atoms with Crippen molar-refractivity contribution in [1.29, 1.82) is 0 Å². The van der Waals surface area contributed by atoms with Crippen molar-refractivity contribution in [3.63, 3.8) is 0 Å². The third-order valence-electron chi connectivity index (χ3n) is 4.07. The summed E-state index contributed by atoms with van der Waals surface area (Å²) >= 11 is 30.3. The van der Waals surface area contributed by atoms with E-state index in [-0.39, 0.29) is 54.8 Å². The van der Waals surface area contributed by atoms with Gasteiger partial charge < -0.3 is 19.0 Å². The molecule has 0 unspecified atom stereocenters. The number of halogens is 5. The van der Waals surface area contributed by atoms with E-state index in [9.17, 15) is 9.90 Å². The van der Waals surface area contributed by atoms with E-state index in [4.69, 9.17) is 71.9 Å². The Morgan fingerprint density at radius 3 is 2.29 bits per heavy atom. The number of furan rings is 1. The van der Waals surface area contributed by atoms with Crippen LogP contribution in [0.2, 0.25) is 25.1 Å². The Morgan fingerprint density at radius 2 is 1.65 bits per heavy atom. The maximum Gasteiger partial charge on any atom is 0.186 e. The summed E-state index contributed by atoms with van der Waals surface area (Å²) in [5, 5.41) is 9.77. The Labute approximate surface area is 202 Å². The number of hydrogen-bond donors (Lipinski definition) is 1. The molecule has 3 rings (SSSR count). The quantitative estimate of drug-likeness (QED) is 0.149. The molecule has 0 saturated carbocycles. The number of allylic oxidation sites excluding steroid dienone is 1. The highest BCUT2D eigenvalue weighted by Gasteiger charge is 2.21. The largest absolute Gasteiger partial charge is 0.504 e. The Balaban J connectivity index is 1.69. The predicted octanol–water partition coefficient (Wildman–Crippen LogP) is 7.74. The Morgan fingerprint density at radius 1 is 1.00 bits per heavy atom. The SMILES string of the molecule is COc1cc(C(=O)/C=C/c2ccc(COc3c(Cl)c(Cl)c(Cl)c(Cl)c3Cl)o2)ccc1O. The van der Waals surface area contributed by atoms with Crippen LogP contribution in [-0.4, -0.2) is 18.0 Å². The summed E-state index contributed by atoms with van der Waals surface area (Å²) < 4.78 is 16.2. The highest BCUT2D eigenvalue weighted by molar-refractivity contribution is 6.55. The fraction of sp³-hybridized carbons (Fsp3) is 0.0952. The summed E-state index contributed by atoms with van der Waals surface area (Å²) in [6, 6.07) is 7.63. The van der Waals surface area contributed by atoms with Crippen LogP contribution in [0.4, 0.5) is 0 Å². The molecule has 2 aromatic carbocycles. The van der Waals surface area contributed by atoms with Gasteiger partial charge in [-0.3, -0.25) is 4.79 Å². The van der Waals surface area contributed by atoms with Gasteiger partial charge in [0.05, 0.1) is 22.2 Å². The molecule has 31 heavy (non-hydrogen) atoms. The zero-order chi connectivity index (χ0) is 22.7. The molecule has 0 aliphatic heterocycles. The Kier molecular flexibility index (Phi) is 7.68. The molecule has 0 atom stereocenters. The molecule has 0 fully saturated rings. The summed E-state index contributed by atoms with van der Waals surface area (Å²) in [7, 11) is 1.40. The number of ether oxygens (including phenoxy) is 2. The average molecular weight is 523 g/mol. The van der Waals surface area contributed by atoms with Gasteiger partial charge in [0.2, 0.25) is 0 Å². The number of benzene rings is 2. The Hall–Kier alpha value is -2.02. The van der Waals surface area contributed by atoms with E-state index in [2.05, 4.69) is 0 Å². The number of methoxy groups -OCH3 is 1.